The monoisotopic (exact) mass is 509 g/mol. The molecule has 2 amide bonds. The second-order valence-electron chi connectivity index (χ2n) is 8.70. The van der Waals surface area contributed by atoms with Crippen LogP contribution in [-0.2, 0) is 22.6 Å². The van der Waals surface area contributed by atoms with Gasteiger partial charge in [-0.25, -0.2) is 0 Å². The number of ether oxygens (including phenoxy) is 1. The van der Waals surface area contributed by atoms with Gasteiger partial charge >= 0.3 is 0 Å². The summed E-state index contributed by atoms with van der Waals surface area (Å²) >= 11 is 6.10. The van der Waals surface area contributed by atoms with Gasteiger partial charge in [0.25, 0.3) is 0 Å². The van der Waals surface area contributed by atoms with Gasteiger partial charge in [-0.05, 0) is 38.1 Å². The minimum Gasteiger partial charge on any atom is -0.495 e. The highest BCUT2D eigenvalue weighted by molar-refractivity contribution is 6.31. The Hall–Kier alpha value is -3.36. The van der Waals surface area contributed by atoms with E-state index in [1.165, 1.54) is 0 Å². The number of carbonyl (C=O) groups is 2. The first-order valence-corrected chi connectivity index (χ1v) is 12.6. The van der Waals surface area contributed by atoms with E-state index >= 15 is 0 Å². The molecule has 0 aliphatic carbocycles. The molecule has 0 radical (unpaired) electrons. The number of hydrogen-bond acceptors (Lipinski definition) is 6. The number of amides is 2. The van der Waals surface area contributed by atoms with Crippen molar-refractivity contribution >= 4 is 45.7 Å². The van der Waals surface area contributed by atoms with E-state index < -0.39 is 0 Å². The molecule has 0 atom stereocenters. The van der Waals surface area contributed by atoms with Crippen LogP contribution in [0.25, 0.3) is 10.9 Å². The van der Waals surface area contributed by atoms with Crippen molar-refractivity contribution in [2.75, 3.05) is 50.5 Å². The number of aromatic nitrogens is 1. The second kappa shape index (κ2) is 11.6. The molecule has 1 aliphatic heterocycles. The third-order valence-electron chi connectivity index (χ3n) is 6.46. The predicted octanol–water partition coefficient (Wildman–Crippen LogP) is 4.17. The zero-order valence-electron chi connectivity index (χ0n) is 20.9. The zero-order valence-corrected chi connectivity index (χ0v) is 21.7. The fourth-order valence-corrected chi connectivity index (χ4v) is 4.78. The molecule has 3 aromatic rings. The fourth-order valence-electron chi connectivity index (χ4n) is 4.61. The van der Waals surface area contributed by atoms with Gasteiger partial charge in [0.1, 0.15) is 5.75 Å². The molecule has 1 aromatic heterocycles. The van der Waals surface area contributed by atoms with Gasteiger partial charge < -0.3 is 20.3 Å². The number of pyridine rings is 1. The van der Waals surface area contributed by atoms with Crippen LogP contribution in [-0.4, -0.2) is 66.4 Å². The van der Waals surface area contributed by atoms with E-state index in [9.17, 15) is 9.59 Å². The van der Waals surface area contributed by atoms with E-state index in [2.05, 4.69) is 15.5 Å². The standard InChI is InChI=1S/C27H32ClN5O3/c1-4-33(5-2)26(35)15-29-27-19-8-6-7-9-21(19)30-22-12-13-32(16-20(22)27)17-25(34)31-23-14-18(28)10-11-24(23)36-3/h6-11,14H,4-5,12-13,15-17H2,1-3H3,(H,29,30)(H,31,34). The van der Waals surface area contributed by atoms with Gasteiger partial charge in [-0.2, -0.15) is 0 Å². The zero-order chi connectivity index (χ0) is 25.7. The lowest BCUT2D eigenvalue weighted by molar-refractivity contribution is -0.128. The number of methoxy groups -OCH3 is 1. The molecule has 8 nitrogen and oxygen atoms in total. The van der Waals surface area contributed by atoms with Crippen LogP contribution >= 0.6 is 11.6 Å². The normalized spacial score (nSPS) is 13.2. The summed E-state index contributed by atoms with van der Waals surface area (Å²) in [4.78, 5) is 34.4. The number of anilines is 2. The first-order valence-electron chi connectivity index (χ1n) is 12.2. The molecule has 0 unspecified atom stereocenters. The number of carbonyl (C=O) groups excluding carboxylic acids is 2. The molecule has 36 heavy (non-hydrogen) atoms. The van der Waals surface area contributed by atoms with Crippen LogP contribution in [0.2, 0.25) is 5.02 Å². The Labute approximate surface area is 216 Å². The maximum Gasteiger partial charge on any atom is 0.241 e. The number of benzene rings is 2. The molecule has 4 rings (SSSR count). The van der Waals surface area contributed by atoms with Crippen molar-refractivity contribution in [1.29, 1.82) is 0 Å². The number of fused-ring (bicyclic) bond motifs is 2. The van der Waals surface area contributed by atoms with Crippen molar-refractivity contribution in [3.05, 3.63) is 58.7 Å². The first-order chi connectivity index (χ1) is 17.4. The number of halogens is 1. The smallest absolute Gasteiger partial charge is 0.241 e. The highest BCUT2D eigenvalue weighted by atomic mass is 35.5. The lowest BCUT2D eigenvalue weighted by Gasteiger charge is -2.30. The maximum atomic E-state index is 12.9. The summed E-state index contributed by atoms with van der Waals surface area (Å²) in [7, 11) is 1.55. The number of rotatable bonds is 9. The van der Waals surface area contributed by atoms with Crippen LogP contribution in [0.15, 0.2) is 42.5 Å². The van der Waals surface area contributed by atoms with Crippen LogP contribution in [0.4, 0.5) is 11.4 Å². The van der Waals surface area contributed by atoms with Crippen molar-refractivity contribution < 1.29 is 14.3 Å². The summed E-state index contributed by atoms with van der Waals surface area (Å²) in [6.07, 6.45) is 0.715. The van der Waals surface area contributed by atoms with Crippen molar-refractivity contribution in [3.8, 4) is 5.75 Å². The van der Waals surface area contributed by atoms with Gasteiger partial charge in [0.15, 0.2) is 0 Å². The van der Waals surface area contributed by atoms with Crippen molar-refractivity contribution in [2.24, 2.45) is 0 Å². The number of nitrogens with one attached hydrogen (secondary N) is 2. The molecule has 1 aliphatic rings. The van der Waals surface area contributed by atoms with Crippen LogP contribution in [0.1, 0.15) is 25.1 Å². The molecule has 2 aromatic carbocycles. The summed E-state index contributed by atoms with van der Waals surface area (Å²) in [5, 5.41) is 7.81. The van der Waals surface area contributed by atoms with Gasteiger partial charge in [0.05, 0.1) is 37.1 Å². The predicted molar refractivity (Wildman–Crippen MR) is 144 cm³/mol. The average molecular weight is 510 g/mol. The van der Waals surface area contributed by atoms with Gasteiger partial charge in [0.2, 0.25) is 11.8 Å². The molecular formula is C27H32ClN5O3. The van der Waals surface area contributed by atoms with Crippen molar-refractivity contribution in [3.63, 3.8) is 0 Å². The third kappa shape index (κ3) is 5.71. The second-order valence-corrected chi connectivity index (χ2v) is 9.14. The Morgan fingerprint density at radius 2 is 1.94 bits per heavy atom. The average Bonchev–Trinajstić information content (AvgIpc) is 2.87. The molecule has 2 N–H and O–H groups in total. The minimum absolute atomic E-state index is 0.0529. The summed E-state index contributed by atoms with van der Waals surface area (Å²) in [5.41, 5.74) is 4.38. The van der Waals surface area contributed by atoms with Crippen molar-refractivity contribution in [1.82, 2.24) is 14.8 Å². The number of likely N-dealkylation sites (N-methyl/N-ethyl adjacent to an activating group) is 1. The number of para-hydroxylation sites is 1. The number of hydrogen-bond donors (Lipinski definition) is 2. The number of nitrogens with zero attached hydrogens (tertiary/aromatic N) is 3. The molecule has 0 saturated carbocycles. The lowest BCUT2D eigenvalue weighted by atomic mass is 9.99. The Bertz CT molecular complexity index is 1260. The molecule has 9 heteroatoms. The van der Waals surface area contributed by atoms with Crippen LogP contribution < -0.4 is 15.4 Å². The Balaban J connectivity index is 1.54. The third-order valence-corrected chi connectivity index (χ3v) is 6.70. The first kappa shape index (κ1) is 25.7. The van der Waals surface area contributed by atoms with E-state index in [0.717, 1.165) is 27.8 Å². The fraction of sp³-hybridized carbons (Fsp3) is 0.370. The van der Waals surface area contributed by atoms with Crippen molar-refractivity contribution in [2.45, 2.75) is 26.8 Å². The van der Waals surface area contributed by atoms with Crippen LogP contribution in [0.5, 0.6) is 5.75 Å². The highest BCUT2D eigenvalue weighted by Crippen LogP contribution is 2.32. The molecule has 0 spiro atoms. The van der Waals surface area contributed by atoms with Crippen LogP contribution in [0, 0.1) is 0 Å². The molecular weight excluding hydrogens is 478 g/mol. The molecule has 190 valence electrons. The summed E-state index contributed by atoms with van der Waals surface area (Å²) < 4.78 is 5.34. The van der Waals surface area contributed by atoms with Gasteiger partial charge in [-0.1, -0.05) is 29.8 Å². The Kier molecular flexibility index (Phi) is 8.28. The molecule has 0 fully saturated rings. The van der Waals surface area contributed by atoms with Gasteiger partial charge in [0, 0.05) is 54.3 Å². The van der Waals surface area contributed by atoms with E-state index in [1.54, 1.807) is 25.3 Å². The highest BCUT2D eigenvalue weighted by Gasteiger charge is 2.25. The van der Waals surface area contributed by atoms with Gasteiger partial charge in [-0.15, -0.1) is 0 Å². The topological polar surface area (TPSA) is 86.8 Å². The summed E-state index contributed by atoms with van der Waals surface area (Å²) in [6, 6.07) is 13.1. The molecule has 0 saturated heterocycles. The molecule has 2 heterocycles. The summed E-state index contributed by atoms with van der Waals surface area (Å²) in [6.45, 7) is 6.97. The quantitative estimate of drug-likeness (QED) is 0.450. The van der Waals surface area contributed by atoms with E-state index in [-0.39, 0.29) is 24.9 Å². The Morgan fingerprint density at radius 1 is 1.17 bits per heavy atom. The maximum absolute atomic E-state index is 12.9. The van der Waals surface area contributed by atoms with E-state index in [1.807, 2.05) is 43.0 Å². The summed E-state index contributed by atoms with van der Waals surface area (Å²) in [5.74, 6) is 0.452. The lowest BCUT2D eigenvalue weighted by Crippen LogP contribution is -2.38. The van der Waals surface area contributed by atoms with Gasteiger partial charge in [-0.3, -0.25) is 19.5 Å². The Morgan fingerprint density at radius 3 is 2.69 bits per heavy atom. The minimum atomic E-state index is -0.154. The molecule has 0 bridgehead atoms. The van der Waals surface area contributed by atoms with E-state index in [0.29, 0.717) is 49.1 Å². The van der Waals surface area contributed by atoms with E-state index in [4.69, 9.17) is 21.3 Å². The SMILES string of the molecule is CCN(CC)C(=O)CNc1c2c(nc3ccccc13)CCN(CC(=O)Nc1cc(Cl)ccc1OC)C2. The largest absolute Gasteiger partial charge is 0.495 e. The van der Waals surface area contributed by atoms with Crippen LogP contribution in [0.3, 0.4) is 0 Å².